The average molecular weight is 374 g/mol. The Kier molecular flexibility index (Phi) is 5.11. The Morgan fingerprint density at radius 1 is 0.821 bits per heavy atom. The normalized spacial score (nSPS) is 11.3. The molecule has 0 saturated heterocycles. The van der Waals surface area contributed by atoms with Crippen LogP contribution in [-0.2, 0) is 6.54 Å². The van der Waals surface area contributed by atoms with Gasteiger partial charge in [-0.2, -0.15) is 0 Å². The highest BCUT2D eigenvalue weighted by Crippen LogP contribution is 2.32. The topological polar surface area (TPSA) is 66.2 Å². The van der Waals surface area contributed by atoms with Gasteiger partial charge in [-0.25, -0.2) is 0 Å². The van der Waals surface area contributed by atoms with E-state index in [0.717, 1.165) is 47.7 Å². The number of aromatic nitrogens is 1. The van der Waals surface area contributed by atoms with E-state index in [4.69, 9.17) is 16.2 Å². The first kappa shape index (κ1) is 18.2. The van der Waals surface area contributed by atoms with Crippen molar-refractivity contribution < 1.29 is 4.74 Å². The number of hydrogen-bond acceptors (Lipinski definition) is 3. The van der Waals surface area contributed by atoms with Crippen molar-refractivity contribution in [1.82, 2.24) is 4.57 Å². The fourth-order valence-corrected chi connectivity index (χ4v) is 3.76. The first-order chi connectivity index (χ1) is 13.7. The highest BCUT2D eigenvalue weighted by Gasteiger charge is 2.12. The third-order valence-electron chi connectivity index (χ3n) is 5.17. The van der Waals surface area contributed by atoms with Crippen LogP contribution < -0.4 is 16.2 Å². The Labute approximate surface area is 165 Å². The maximum Gasteiger partial charge on any atom is 0.119 e. The van der Waals surface area contributed by atoms with E-state index < -0.39 is 0 Å². The van der Waals surface area contributed by atoms with Gasteiger partial charge >= 0.3 is 0 Å². The summed E-state index contributed by atoms with van der Waals surface area (Å²) in [5, 5.41) is 2.38. The summed E-state index contributed by atoms with van der Waals surface area (Å²) in [6.45, 7) is 3.70. The van der Waals surface area contributed by atoms with Crippen molar-refractivity contribution in [2.75, 3.05) is 18.1 Å². The molecule has 28 heavy (non-hydrogen) atoms. The van der Waals surface area contributed by atoms with E-state index in [1.165, 1.54) is 29.2 Å². The second-order valence-electron chi connectivity index (χ2n) is 7.34. The number of nitrogens with zero attached hydrogens (tertiary/aromatic N) is 1. The second-order valence-corrected chi connectivity index (χ2v) is 7.34. The van der Waals surface area contributed by atoms with E-state index in [-0.39, 0.29) is 0 Å². The van der Waals surface area contributed by atoms with E-state index in [1.807, 2.05) is 30.3 Å². The number of nitrogens with two attached hydrogens (primary N) is 2. The van der Waals surface area contributed by atoms with Crippen molar-refractivity contribution in [3.05, 3.63) is 66.2 Å². The SMILES string of the molecule is CCCCCOc1cccc(Cn2c3cc(N)ccc3c3ccc(N)cc32)c1. The van der Waals surface area contributed by atoms with Crippen molar-refractivity contribution in [3.8, 4) is 5.75 Å². The van der Waals surface area contributed by atoms with Gasteiger partial charge in [0.2, 0.25) is 0 Å². The molecule has 0 radical (unpaired) electrons. The quantitative estimate of drug-likeness (QED) is 0.328. The molecular weight excluding hydrogens is 346 g/mol. The predicted molar refractivity (Wildman–Crippen MR) is 119 cm³/mol. The van der Waals surface area contributed by atoms with Gasteiger partial charge in [-0.05, 0) is 48.4 Å². The number of benzene rings is 3. The van der Waals surface area contributed by atoms with Crippen molar-refractivity contribution in [2.45, 2.75) is 32.7 Å². The highest BCUT2D eigenvalue weighted by molar-refractivity contribution is 6.09. The third-order valence-corrected chi connectivity index (χ3v) is 5.17. The third kappa shape index (κ3) is 3.63. The molecule has 3 aromatic carbocycles. The molecule has 0 fully saturated rings. The minimum absolute atomic E-state index is 0.735. The Morgan fingerprint density at radius 3 is 2.14 bits per heavy atom. The van der Waals surface area contributed by atoms with Crippen molar-refractivity contribution in [2.24, 2.45) is 0 Å². The number of nitrogen functional groups attached to an aromatic ring is 2. The minimum Gasteiger partial charge on any atom is -0.494 e. The molecule has 0 atom stereocenters. The summed E-state index contributed by atoms with van der Waals surface area (Å²) in [5.74, 6) is 0.924. The number of rotatable bonds is 7. The summed E-state index contributed by atoms with van der Waals surface area (Å²) in [6.07, 6.45) is 3.49. The van der Waals surface area contributed by atoms with Crippen LogP contribution >= 0.6 is 0 Å². The van der Waals surface area contributed by atoms with E-state index in [0.29, 0.717) is 0 Å². The van der Waals surface area contributed by atoms with Crippen LogP contribution in [0, 0.1) is 0 Å². The van der Waals surface area contributed by atoms with Crippen LogP contribution in [0.25, 0.3) is 21.8 Å². The maximum atomic E-state index is 6.08. The Hall–Kier alpha value is -3.14. The van der Waals surface area contributed by atoms with Gasteiger partial charge in [-0.1, -0.05) is 44.0 Å². The van der Waals surface area contributed by atoms with Gasteiger partial charge in [-0.3, -0.25) is 0 Å². The summed E-state index contributed by atoms with van der Waals surface area (Å²) in [7, 11) is 0. The first-order valence-corrected chi connectivity index (χ1v) is 9.94. The Balaban J connectivity index is 1.71. The molecule has 0 aliphatic carbocycles. The number of ether oxygens (including phenoxy) is 1. The van der Waals surface area contributed by atoms with E-state index in [1.54, 1.807) is 0 Å². The summed E-state index contributed by atoms with van der Waals surface area (Å²) in [6, 6.07) is 20.5. The molecule has 0 saturated carbocycles. The van der Waals surface area contributed by atoms with Crippen LogP contribution in [0.4, 0.5) is 11.4 Å². The fourth-order valence-electron chi connectivity index (χ4n) is 3.76. The van der Waals surface area contributed by atoms with E-state index >= 15 is 0 Å². The fraction of sp³-hybridized carbons (Fsp3) is 0.250. The van der Waals surface area contributed by atoms with Gasteiger partial charge in [0, 0.05) is 28.7 Å². The van der Waals surface area contributed by atoms with Gasteiger partial charge in [0.25, 0.3) is 0 Å². The van der Waals surface area contributed by atoms with Crippen LogP contribution in [0.1, 0.15) is 31.7 Å². The summed E-state index contributed by atoms with van der Waals surface area (Å²) < 4.78 is 8.22. The summed E-state index contributed by atoms with van der Waals surface area (Å²) >= 11 is 0. The molecule has 0 aliphatic rings. The van der Waals surface area contributed by atoms with Gasteiger partial charge in [0.15, 0.2) is 0 Å². The van der Waals surface area contributed by atoms with Gasteiger partial charge in [0.1, 0.15) is 5.75 Å². The predicted octanol–water partition coefficient (Wildman–Crippen LogP) is 5.58. The molecule has 0 bridgehead atoms. The van der Waals surface area contributed by atoms with E-state index in [9.17, 15) is 0 Å². The lowest BCUT2D eigenvalue weighted by Crippen LogP contribution is -2.02. The molecule has 4 aromatic rings. The zero-order valence-electron chi connectivity index (χ0n) is 16.3. The molecule has 1 heterocycles. The lowest BCUT2D eigenvalue weighted by Gasteiger charge is -2.11. The molecule has 0 amide bonds. The lowest BCUT2D eigenvalue weighted by atomic mass is 10.1. The molecular formula is C24H27N3O. The smallest absolute Gasteiger partial charge is 0.119 e. The van der Waals surface area contributed by atoms with Gasteiger partial charge in [-0.15, -0.1) is 0 Å². The summed E-state index contributed by atoms with van der Waals surface area (Å²) in [5.41, 5.74) is 17.1. The van der Waals surface area contributed by atoms with E-state index in [2.05, 4.69) is 41.8 Å². The van der Waals surface area contributed by atoms with Gasteiger partial charge in [0.05, 0.1) is 17.6 Å². The number of anilines is 2. The molecule has 4 rings (SSSR count). The molecule has 144 valence electrons. The molecule has 1 aromatic heterocycles. The summed E-state index contributed by atoms with van der Waals surface area (Å²) in [4.78, 5) is 0. The van der Waals surface area contributed by atoms with Crippen LogP contribution in [0.3, 0.4) is 0 Å². The minimum atomic E-state index is 0.735. The van der Waals surface area contributed by atoms with Gasteiger partial charge < -0.3 is 20.8 Å². The second kappa shape index (κ2) is 7.85. The lowest BCUT2D eigenvalue weighted by molar-refractivity contribution is 0.306. The van der Waals surface area contributed by atoms with Crippen molar-refractivity contribution in [1.29, 1.82) is 0 Å². The standard InChI is InChI=1S/C24H27N3O/c1-2-3-4-12-28-20-7-5-6-17(13-20)16-27-23-14-18(25)8-10-21(23)22-11-9-19(26)15-24(22)27/h5-11,13-15H,2-4,12,16,25-26H2,1H3. The largest absolute Gasteiger partial charge is 0.494 e. The van der Waals surface area contributed by atoms with Crippen LogP contribution in [0.15, 0.2) is 60.7 Å². The Morgan fingerprint density at radius 2 is 1.50 bits per heavy atom. The van der Waals surface area contributed by atoms with Crippen LogP contribution in [-0.4, -0.2) is 11.2 Å². The zero-order chi connectivity index (χ0) is 19.5. The van der Waals surface area contributed by atoms with Crippen LogP contribution in [0.5, 0.6) is 5.75 Å². The molecule has 0 unspecified atom stereocenters. The molecule has 4 heteroatoms. The monoisotopic (exact) mass is 373 g/mol. The number of unbranched alkanes of at least 4 members (excludes halogenated alkanes) is 2. The van der Waals surface area contributed by atoms with Crippen LogP contribution in [0.2, 0.25) is 0 Å². The highest BCUT2D eigenvalue weighted by atomic mass is 16.5. The zero-order valence-corrected chi connectivity index (χ0v) is 16.3. The average Bonchev–Trinajstić information content (AvgIpc) is 2.98. The molecule has 0 aliphatic heterocycles. The molecule has 0 spiro atoms. The Bertz CT molecular complexity index is 1050. The first-order valence-electron chi connectivity index (χ1n) is 9.94. The number of hydrogen-bond donors (Lipinski definition) is 2. The molecule has 4 nitrogen and oxygen atoms in total. The number of fused-ring (bicyclic) bond motifs is 3. The van der Waals surface area contributed by atoms with Crippen molar-refractivity contribution >= 4 is 33.2 Å². The molecule has 4 N–H and O–H groups in total. The van der Waals surface area contributed by atoms with Crippen molar-refractivity contribution in [3.63, 3.8) is 0 Å². The maximum absolute atomic E-state index is 6.08.